The molecule has 39 heavy (non-hydrogen) atoms. The Morgan fingerprint density at radius 1 is 1.00 bits per heavy atom. The summed E-state index contributed by atoms with van der Waals surface area (Å²) in [5, 5.41) is 4.04. The molecule has 9 heteroatoms. The molecule has 0 unspecified atom stereocenters. The Bertz CT molecular complexity index is 1370. The molecule has 0 aliphatic carbocycles. The molecule has 0 heterocycles. The van der Waals surface area contributed by atoms with Crippen molar-refractivity contribution in [2.45, 2.75) is 46.5 Å². The summed E-state index contributed by atoms with van der Waals surface area (Å²) in [7, 11) is 0. The van der Waals surface area contributed by atoms with E-state index < -0.39 is 11.9 Å². The first-order valence-corrected chi connectivity index (χ1v) is 14.9. The summed E-state index contributed by atoms with van der Waals surface area (Å²) < 4.78 is 13.4. The van der Waals surface area contributed by atoms with Crippen LogP contribution < -0.4 is 14.9 Å². The van der Waals surface area contributed by atoms with Gasteiger partial charge in [0, 0.05) is 13.6 Å². The van der Waals surface area contributed by atoms with E-state index in [0.717, 1.165) is 14.5 Å². The van der Waals surface area contributed by atoms with E-state index >= 15 is 0 Å². The van der Waals surface area contributed by atoms with Gasteiger partial charge >= 0.3 is 5.97 Å². The highest BCUT2D eigenvalue weighted by atomic mass is 127. The van der Waals surface area contributed by atoms with Gasteiger partial charge in [-0.25, -0.2) is 10.2 Å². The van der Waals surface area contributed by atoms with E-state index in [4.69, 9.17) is 9.47 Å². The molecule has 3 rings (SSSR count). The van der Waals surface area contributed by atoms with Gasteiger partial charge in [0.05, 0.1) is 16.3 Å². The molecule has 0 aliphatic rings. The lowest BCUT2D eigenvalue weighted by atomic mass is 9.72. The fourth-order valence-corrected chi connectivity index (χ4v) is 6.29. The van der Waals surface area contributed by atoms with Gasteiger partial charge in [-0.1, -0.05) is 74.8 Å². The molecule has 0 radical (unpaired) electrons. The third-order valence-corrected chi connectivity index (χ3v) is 7.68. The second kappa shape index (κ2) is 13.4. The van der Waals surface area contributed by atoms with Crippen molar-refractivity contribution in [1.82, 2.24) is 5.43 Å². The first-order valence-electron chi connectivity index (χ1n) is 12.3. The summed E-state index contributed by atoms with van der Waals surface area (Å²) in [5.74, 6) is -0.0329. The van der Waals surface area contributed by atoms with E-state index in [1.165, 1.54) is 11.8 Å². The number of hydrogen-bond donors (Lipinski definition) is 1. The van der Waals surface area contributed by atoms with Crippen LogP contribution in [0.2, 0.25) is 0 Å². The minimum absolute atomic E-state index is 0.0248. The molecule has 0 fully saturated rings. The number of ether oxygens (including phenoxy) is 2. The van der Waals surface area contributed by atoms with Gasteiger partial charge in [0.25, 0.3) is 5.91 Å². The number of amides is 1. The highest BCUT2D eigenvalue weighted by Crippen LogP contribution is 2.37. The third-order valence-electron chi connectivity index (χ3n) is 5.70. The van der Waals surface area contributed by atoms with E-state index in [2.05, 4.69) is 99.6 Å². The SMILES string of the molecule is CC(C)(C)CC(C)(C)c1ccc(OCC(=O)NN=Cc2cc(Br)cc(Br)c2OC(=O)c2ccccc2I)cc1. The van der Waals surface area contributed by atoms with E-state index in [9.17, 15) is 9.59 Å². The second-order valence-corrected chi connectivity index (χ2v) is 13.8. The minimum Gasteiger partial charge on any atom is -0.484 e. The number of carbonyl (C=O) groups is 2. The molecule has 0 saturated heterocycles. The van der Waals surface area contributed by atoms with Crippen LogP contribution >= 0.6 is 54.5 Å². The molecular weight excluding hydrogens is 739 g/mol. The molecule has 1 N–H and O–H groups in total. The number of carbonyl (C=O) groups excluding carboxylic acids is 2. The van der Waals surface area contributed by atoms with Crippen molar-refractivity contribution in [3.63, 3.8) is 0 Å². The van der Waals surface area contributed by atoms with Crippen molar-refractivity contribution in [1.29, 1.82) is 0 Å². The third kappa shape index (κ3) is 9.42. The Balaban J connectivity index is 1.61. The zero-order valence-electron chi connectivity index (χ0n) is 22.5. The number of hydrazone groups is 1. The Morgan fingerprint density at radius 2 is 1.67 bits per heavy atom. The van der Waals surface area contributed by atoms with Gasteiger partial charge in [-0.3, -0.25) is 4.79 Å². The Morgan fingerprint density at radius 3 is 2.31 bits per heavy atom. The monoisotopic (exact) mass is 768 g/mol. The van der Waals surface area contributed by atoms with Gasteiger partial charge in [0.2, 0.25) is 0 Å². The van der Waals surface area contributed by atoms with Gasteiger partial charge in [-0.2, -0.15) is 5.10 Å². The largest absolute Gasteiger partial charge is 0.484 e. The van der Waals surface area contributed by atoms with Crippen LogP contribution in [0.1, 0.15) is 62.5 Å². The maximum atomic E-state index is 12.8. The average Bonchev–Trinajstić information content (AvgIpc) is 2.83. The summed E-state index contributed by atoms with van der Waals surface area (Å²) in [6.07, 6.45) is 2.46. The number of benzene rings is 3. The van der Waals surface area contributed by atoms with Gasteiger partial charge in [0.1, 0.15) is 5.75 Å². The van der Waals surface area contributed by atoms with Crippen LogP contribution in [0.3, 0.4) is 0 Å². The number of hydrogen-bond acceptors (Lipinski definition) is 5. The van der Waals surface area contributed by atoms with Crippen molar-refractivity contribution >= 4 is 72.5 Å². The molecule has 0 spiro atoms. The number of nitrogens with zero attached hydrogens (tertiary/aromatic N) is 1. The topological polar surface area (TPSA) is 77.0 Å². The number of halogens is 3. The standard InChI is InChI=1S/C30H31Br2IN2O4/c1-29(2,3)18-30(4,5)20-10-12-22(13-11-20)38-17-26(36)35-34-16-19-14-21(31)15-24(32)27(19)39-28(37)23-8-6-7-9-25(23)33/h6-16H,17-18H2,1-5H3,(H,35,36). The summed E-state index contributed by atoms with van der Waals surface area (Å²) >= 11 is 8.96. The molecule has 0 bridgehead atoms. The maximum Gasteiger partial charge on any atom is 0.344 e. The molecule has 0 atom stereocenters. The number of rotatable bonds is 9. The van der Waals surface area contributed by atoms with Crippen LogP contribution in [-0.4, -0.2) is 24.7 Å². The molecule has 3 aromatic rings. The molecule has 3 aromatic carbocycles. The smallest absolute Gasteiger partial charge is 0.344 e. The quantitative estimate of drug-likeness (QED) is 0.0782. The van der Waals surface area contributed by atoms with Crippen LogP contribution in [-0.2, 0) is 10.2 Å². The van der Waals surface area contributed by atoms with E-state index in [1.807, 2.05) is 36.4 Å². The predicted molar refractivity (Wildman–Crippen MR) is 171 cm³/mol. The summed E-state index contributed by atoms with van der Waals surface area (Å²) in [4.78, 5) is 25.1. The summed E-state index contributed by atoms with van der Waals surface area (Å²) in [5.41, 5.74) is 4.86. The van der Waals surface area contributed by atoms with Crippen LogP contribution in [0, 0.1) is 8.99 Å². The maximum absolute atomic E-state index is 12.8. The van der Waals surface area contributed by atoms with Crippen molar-refractivity contribution < 1.29 is 19.1 Å². The van der Waals surface area contributed by atoms with Gasteiger partial charge in [0.15, 0.2) is 12.4 Å². The molecule has 0 aliphatic heterocycles. The lowest BCUT2D eigenvalue weighted by Crippen LogP contribution is -2.25. The highest BCUT2D eigenvalue weighted by molar-refractivity contribution is 14.1. The van der Waals surface area contributed by atoms with Gasteiger partial charge in [-0.05, 0) is 97.7 Å². The number of nitrogens with one attached hydrogen (secondary N) is 1. The van der Waals surface area contributed by atoms with Gasteiger partial charge in [-0.15, -0.1) is 0 Å². The first kappa shape index (κ1) is 31.3. The minimum atomic E-state index is -0.497. The number of esters is 1. The lowest BCUT2D eigenvalue weighted by Gasteiger charge is -2.33. The van der Waals surface area contributed by atoms with Crippen LogP contribution in [0.5, 0.6) is 11.5 Å². The predicted octanol–water partition coefficient (Wildman–Crippen LogP) is 8.28. The van der Waals surface area contributed by atoms with Crippen LogP contribution in [0.15, 0.2) is 74.7 Å². The molecule has 0 saturated carbocycles. The summed E-state index contributed by atoms with van der Waals surface area (Å²) in [6, 6.07) is 18.5. The van der Waals surface area contributed by atoms with Crippen LogP contribution in [0.4, 0.5) is 0 Å². The van der Waals surface area contributed by atoms with Crippen molar-refractivity contribution in [3.05, 3.63) is 89.9 Å². The zero-order valence-corrected chi connectivity index (χ0v) is 27.8. The molecule has 1 amide bonds. The zero-order chi connectivity index (χ0) is 28.8. The van der Waals surface area contributed by atoms with Crippen molar-refractivity contribution in [2.75, 3.05) is 6.61 Å². The average molecular weight is 770 g/mol. The Hall–Kier alpha value is -2.24. The lowest BCUT2D eigenvalue weighted by molar-refractivity contribution is -0.123. The normalized spacial score (nSPS) is 11.9. The van der Waals surface area contributed by atoms with E-state index in [1.54, 1.807) is 24.3 Å². The van der Waals surface area contributed by atoms with Gasteiger partial charge < -0.3 is 9.47 Å². The Kier molecular flexibility index (Phi) is 10.8. The van der Waals surface area contributed by atoms with Crippen LogP contribution in [0.25, 0.3) is 0 Å². The summed E-state index contributed by atoms with van der Waals surface area (Å²) in [6.45, 7) is 11.0. The second-order valence-electron chi connectivity index (χ2n) is 10.9. The highest BCUT2D eigenvalue weighted by Gasteiger charge is 2.27. The molecule has 0 aromatic heterocycles. The first-order chi connectivity index (χ1) is 18.2. The van der Waals surface area contributed by atoms with E-state index in [0.29, 0.717) is 21.3 Å². The van der Waals surface area contributed by atoms with E-state index in [-0.39, 0.29) is 23.2 Å². The fraction of sp³-hybridized carbons (Fsp3) is 0.300. The van der Waals surface area contributed by atoms with Crippen molar-refractivity contribution in [2.24, 2.45) is 10.5 Å². The van der Waals surface area contributed by atoms with Crippen molar-refractivity contribution in [3.8, 4) is 11.5 Å². The molecule has 206 valence electrons. The fourth-order valence-electron chi connectivity index (χ4n) is 4.34. The molecular formula is C30H31Br2IN2O4. The molecule has 6 nitrogen and oxygen atoms in total. The Labute approximate surface area is 260 Å².